The van der Waals surface area contributed by atoms with Gasteiger partial charge in [0.25, 0.3) is 0 Å². The van der Waals surface area contributed by atoms with E-state index < -0.39 is 10.0 Å². The number of sulfonamides is 1. The van der Waals surface area contributed by atoms with Crippen LogP contribution in [0.3, 0.4) is 0 Å². The average Bonchev–Trinajstić information content (AvgIpc) is 3.15. The monoisotopic (exact) mass is 390 g/mol. The van der Waals surface area contributed by atoms with Crippen molar-refractivity contribution in [2.75, 3.05) is 0 Å². The van der Waals surface area contributed by atoms with Crippen LogP contribution in [0.5, 0.6) is 0 Å². The summed E-state index contributed by atoms with van der Waals surface area (Å²) in [6.07, 6.45) is 5.84. The molecule has 2 saturated heterocycles. The first kappa shape index (κ1) is 18.6. The molecule has 3 atom stereocenters. The molecule has 1 aromatic carbocycles. The van der Waals surface area contributed by atoms with Crippen LogP contribution >= 0.6 is 0 Å². The van der Waals surface area contributed by atoms with Crippen molar-refractivity contribution in [2.24, 2.45) is 5.92 Å². The van der Waals surface area contributed by atoms with Gasteiger partial charge in [-0.15, -0.1) is 0 Å². The van der Waals surface area contributed by atoms with Crippen molar-refractivity contribution in [2.45, 2.75) is 75.4 Å². The highest BCUT2D eigenvalue weighted by atomic mass is 32.2. The second-order valence-electron chi connectivity index (χ2n) is 8.05. The molecule has 0 aromatic heterocycles. The van der Waals surface area contributed by atoms with Crippen LogP contribution in [0.2, 0.25) is 0 Å². The van der Waals surface area contributed by atoms with E-state index in [0.29, 0.717) is 10.8 Å². The fourth-order valence-electron chi connectivity index (χ4n) is 4.95. The van der Waals surface area contributed by atoms with E-state index in [-0.39, 0.29) is 43.3 Å². The highest BCUT2D eigenvalue weighted by Gasteiger charge is 2.46. The quantitative estimate of drug-likeness (QED) is 0.741. The van der Waals surface area contributed by atoms with Gasteiger partial charge in [-0.2, -0.15) is 4.31 Å². The molecule has 27 heavy (non-hydrogen) atoms. The molecule has 4 rings (SSSR count). The first-order chi connectivity index (χ1) is 12.9. The summed E-state index contributed by atoms with van der Waals surface area (Å²) < 4.78 is 28.3. The Morgan fingerprint density at radius 2 is 1.63 bits per heavy atom. The highest BCUT2D eigenvalue weighted by molar-refractivity contribution is 7.89. The number of hydrogen-bond acceptors (Lipinski definition) is 4. The Balaban J connectivity index is 1.54. The largest absolute Gasteiger partial charge is 0.278 e. The lowest BCUT2D eigenvalue weighted by Gasteiger charge is -2.32. The van der Waals surface area contributed by atoms with E-state index in [4.69, 9.17) is 0 Å². The van der Waals surface area contributed by atoms with E-state index in [2.05, 4.69) is 0 Å². The second kappa shape index (κ2) is 7.02. The molecular formula is C20H26N2O4S. The molecule has 0 radical (unpaired) electrons. The van der Waals surface area contributed by atoms with Crippen LogP contribution in [0.1, 0.15) is 57.4 Å². The van der Waals surface area contributed by atoms with Crippen LogP contribution in [0, 0.1) is 5.92 Å². The van der Waals surface area contributed by atoms with E-state index in [0.717, 1.165) is 31.2 Å². The second-order valence-corrected chi connectivity index (χ2v) is 9.89. The Labute approximate surface area is 160 Å². The summed E-state index contributed by atoms with van der Waals surface area (Å²) in [6, 6.07) is 6.80. The van der Waals surface area contributed by atoms with E-state index in [9.17, 15) is 18.0 Å². The summed E-state index contributed by atoms with van der Waals surface area (Å²) in [5, 5.41) is 0. The van der Waals surface area contributed by atoms with Gasteiger partial charge in [0, 0.05) is 24.9 Å². The maximum Gasteiger partial charge on any atom is 0.243 e. The van der Waals surface area contributed by atoms with Gasteiger partial charge in [0.2, 0.25) is 21.8 Å². The van der Waals surface area contributed by atoms with Crippen molar-refractivity contribution >= 4 is 21.8 Å². The predicted molar refractivity (Wildman–Crippen MR) is 100 cm³/mol. The van der Waals surface area contributed by atoms with Crippen molar-refractivity contribution in [1.29, 1.82) is 0 Å². The van der Waals surface area contributed by atoms with E-state index in [1.807, 2.05) is 6.92 Å². The molecule has 7 heteroatoms. The number of rotatable bonds is 4. The smallest absolute Gasteiger partial charge is 0.243 e. The van der Waals surface area contributed by atoms with Crippen LogP contribution in [-0.4, -0.2) is 41.5 Å². The fraction of sp³-hybridized carbons (Fsp3) is 0.600. The van der Waals surface area contributed by atoms with Gasteiger partial charge < -0.3 is 0 Å². The summed E-state index contributed by atoms with van der Waals surface area (Å²) in [4.78, 5) is 25.1. The first-order valence-electron chi connectivity index (χ1n) is 9.83. The van der Waals surface area contributed by atoms with Crippen molar-refractivity contribution in [3.8, 4) is 0 Å². The first-order valence-corrected chi connectivity index (χ1v) is 11.3. The standard InChI is InChI=1S/C20H26N2O4S/c1-14-12-16-4-2-3-5-18(16)22(14)27(25,26)17-8-6-15(7-9-17)13-21-19(23)10-11-20(21)24/h6-9,14,16,18H,2-5,10-13H2,1H3/t14-,16-,18-/m0/s1. The van der Waals surface area contributed by atoms with Crippen molar-refractivity contribution in [1.82, 2.24) is 9.21 Å². The lowest BCUT2D eigenvalue weighted by Crippen LogP contribution is -2.42. The number of benzene rings is 1. The SMILES string of the molecule is C[C@H]1C[C@@H]2CCCC[C@@H]2N1S(=O)(=O)c1ccc(CN2C(=O)CCC2=O)cc1. The Bertz CT molecular complexity index is 833. The van der Waals surface area contributed by atoms with E-state index in [1.54, 1.807) is 28.6 Å². The summed E-state index contributed by atoms with van der Waals surface area (Å²) >= 11 is 0. The Morgan fingerprint density at radius 1 is 1.00 bits per heavy atom. The molecule has 1 aromatic rings. The normalized spacial score (nSPS) is 29.4. The topological polar surface area (TPSA) is 74.8 Å². The molecule has 2 aliphatic heterocycles. The van der Waals surface area contributed by atoms with Gasteiger partial charge in [0.15, 0.2) is 0 Å². The van der Waals surface area contributed by atoms with Crippen LogP contribution in [0.15, 0.2) is 29.2 Å². The molecule has 146 valence electrons. The van der Waals surface area contributed by atoms with Crippen molar-refractivity contribution in [3.05, 3.63) is 29.8 Å². The Morgan fingerprint density at radius 3 is 2.30 bits per heavy atom. The van der Waals surface area contributed by atoms with Gasteiger partial charge >= 0.3 is 0 Å². The van der Waals surface area contributed by atoms with Gasteiger partial charge in [-0.25, -0.2) is 8.42 Å². The zero-order chi connectivity index (χ0) is 19.2. The molecule has 6 nitrogen and oxygen atoms in total. The van der Waals surface area contributed by atoms with Crippen LogP contribution in [0.4, 0.5) is 0 Å². The maximum absolute atomic E-state index is 13.3. The third-order valence-electron chi connectivity index (χ3n) is 6.27. The molecular weight excluding hydrogens is 364 g/mol. The van der Waals surface area contributed by atoms with Crippen LogP contribution in [0.25, 0.3) is 0 Å². The maximum atomic E-state index is 13.3. The minimum Gasteiger partial charge on any atom is -0.278 e. The number of carbonyl (C=O) groups excluding carboxylic acids is 2. The van der Waals surface area contributed by atoms with Crippen molar-refractivity contribution < 1.29 is 18.0 Å². The lowest BCUT2D eigenvalue weighted by atomic mass is 9.85. The number of likely N-dealkylation sites (tertiary alicyclic amines) is 1. The number of nitrogens with zero attached hydrogens (tertiary/aromatic N) is 2. The van der Waals surface area contributed by atoms with Gasteiger partial charge in [0.05, 0.1) is 11.4 Å². The van der Waals surface area contributed by atoms with E-state index >= 15 is 0 Å². The number of carbonyl (C=O) groups is 2. The molecule has 2 amide bonds. The third-order valence-corrected chi connectivity index (χ3v) is 8.32. The molecule has 1 aliphatic carbocycles. The number of imide groups is 1. The molecule has 3 fully saturated rings. The summed E-state index contributed by atoms with van der Waals surface area (Å²) in [6.45, 7) is 2.22. The number of amides is 2. The minimum absolute atomic E-state index is 0.0302. The Kier molecular flexibility index (Phi) is 4.84. The number of fused-ring (bicyclic) bond motifs is 1. The van der Waals surface area contributed by atoms with E-state index in [1.165, 1.54) is 11.3 Å². The summed E-state index contributed by atoms with van der Waals surface area (Å²) in [5.74, 6) is 0.159. The predicted octanol–water partition coefficient (Wildman–Crippen LogP) is 2.68. The van der Waals surface area contributed by atoms with Gasteiger partial charge in [-0.05, 0) is 49.8 Å². The van der Waals surface area contributed by atoms with Gasteiger partial charge in [-0.1, -0.05) is 25.0 Å². The van der Waals surface area contributed by atoms with Crippen molar-refractivity contribution in [3.63, 3.8) is 0 Å². The Hall–Kier alpha value is -1.73. The molecule has 0 spiro atoms. The zero-order valence-electron chi connectivity index (χ0n) is 15.6. The number of hydrogen-bond donors (Lipinski definition) is 0. The van der Waals surface area contributed by atoms with Crippen LogP contribution < -0.4 is 0 Å². The highest BCUT2D eigenvalue weighted by Crippen LogP contribution is 2.42. The average molecular weight is 391 g/mol. The lowest BCUT2D eigenvalue weighted by molar-refractivity contribution is -0.139. The van der Waals surface area contributed by atoms with Gasteiger partial charge in [0.1, 0.15) is 0 Å². The molecule has 0 N–H and O–H groups in total. The van der Waals surface area contributed by atoms with Crippen LogP contribution in [-0.2, 0) is 26.2 Å². The zero-order valence-corrected chi connectivity index (χ0v) is 16.5. The third kappa shape index (κ3) is 3.31. The molecule has 0 unspecified atom stereocenters. The molecule has 3 aliphatic rings. The molecule has 2 heterocycles. The minimum atomic E-state index is -3.54. The summed E-state index contributed by atoms with van der Waals surface area (Å²) in [5.41, 5.74) is 0.766. The molecule has 1 saturated carbocycles. The molecule has 0 bridgehead atoms. The fourth-order valence-corrected chi connectivity index (χ4v) is 6.87. The van der Waals surface area contributed by atoms with Gasteiger partial charge in [-0.3, -0.25) is 14.5 Å². The summed E-state index contributed by atoms with van der Waals surface area (Å²) in [7, 11) is -3.54.